The Morgan fingerprint density at radius 2 is 0.857 bits per heavy atom. The summed E-state index contributed by atoms with van der Waals surface area (Å²) < 4.78 is 0. The lowest BCUT2D eigenvalue weighted by Gasteiger charge is -2.29. The van der Waals surface area contributed by atoms with E-state index in [1.807, 2.05) is 24.3 Å². The average molecular weight is 407 g/mol. The Morgan fingerprint density at radius 3 is 1.18 bits per heavy atom. The largest absolute Gasteiger partial charge is 0.392 e. The summed E-state index contributed by atoms with van der Waals surface area (Å²) in [6, 6.07) is 25.7. The van der Waals surface area contributed by atoms with E-state index in [-0.39, 0.29) is 13.2 Å². The molecule has 3 aromatic carbocycles. The first-order chi connectivity index (χ1) is 13.3. The molecule has 3 aromatic rings. The van der Waals surface area contributed by atoms with E-state index in [9.17, 15) is 10.2 Å². The molecule has 3 rings (SSSR count). The Hall–Kier alpha value is -1.99. The van der Waals surface area contributed by atoms with Crippen LogP contribution < -0.4 is 20.7 Å². The number of rotatable bonds is 6. The van der Waals surface area contributed by atoms with Gasteiger partial charge in [0.15, 0.2) is 0 Å². The molecule has 0 saturated carbocycles. The molecule has 0 aromatic heterocycles. The molecule has 0 aliphatic heterocycles. The zero-order valence-electron chi connectivity index (χ0n) is 17.2. The molecule has 0 bridgehead atoms. The van der Waals surface area contributed by atoms with Crippen molar-refractivity contribution in [2.45, 2.75) is 39.4 Å². The van der Waals surface area contributed by atoms with Crippen LogP contribution in [0, 0.1) is 0 Å². The summed E-state index contributed by atoms with van der Waals surface area (Å²) in [5.74, 6) is 0. The maximum absolute atomic E-state index is 9.76. The minimum absolute atomic E-state index is 0.0859. The fourth-order valence-corrected chi connectivity index (χ4v) is 9.73. The predicted molar refractivity (Wildman–Crippen MR) is 125 cm³/mol. The molecule has 28 heavy (non-hydrogen) atoms. The molecule has 0 spiro atoms. The number of hydrogen-bond acceptors (Lipinski definition) is 2. The zero-order valence-corrected chi connectivity index (χ0v) is 19.2. The molecule has 2 N–H and O–H groups in total. The van der Waals surface area contributed by atoms with E-state index in [2.05, 4.69) is 74.7 Å². The molecule has 0 aliphatic carbocycles. The lowest BCUT2D eigenvalue weighted by Crippen LogP contribution is -2.57. The summed E-state index contributed by atoms with van der Waals surface area (Å²) >= 11 is 0. The Balaban J connectivity index is 1.99. The molecule has 4 heteroatoms. The molecule has 0 fully saturated rings. The lowest BCUT2D eigenvalue weighted by molar-refractivity contribution is 0.282. The van der Waals surface area contributed by atoms with Crippen LogP contribution in [-0.2, 0) is 13.2 Å². The number of aliphatic hydroxyl groups is 2. The van der Waals surface area contributed by atoms with Crippen LogP contribution >= 0.6 is 0 Å². The van der Waals surface area contributed by atoms with Gasteiger partial charge in [0.05, 0.1) is 13.2 Å². The second-order valence-electron chi connectivity index (χ2n) is 8.46. The highest BCUT2D eigenvalue weighted by molar-refractivity contribution is 7.02. The van der Waals surface area contributed by atoms with Crippen LogP contribution in [0.5, 0.6) is 0 Å². The third kappa shape index (κ3) is 3.78. The second-order valence-corrected chi connectivity index (χ2v) is 17.2. The highest BCUT2D eigenvalue weighted by atomic mass is 28.3. The Bertz CT molecular complexity index is 868. The Morgan fingerprint density at radius 1 is 0.536 bits per heavy atom. The molecule has 0 saturated heterocycles. The maximum atomic E-state index is 9.76. The van der Waals surface area contributed by atoms with Gasteiger partial charge in [-0.1, -0.05) is 109 Å². The first kappa shape index (κ1) is 20.7. The predicted octanol–water partition coefficient (Wildman–Crippen LogP) is 2.32. The van der Waals surface area contributed by atoms with Crippen LogP contribution in [-0.4, -0.2) is 26.4 Å². The molecular formula is C24H30O2Si2. The summed E-state index contributed by atoms with van der Waals surface area (Å²) in [5.41, 5.74) is 2.07. The normalized spacial score (nSPS) is 12.2. The van der Waals surface area contributed by atoms with Gasteiger partial charge in [-0.3, -0.25) is 0 Å². The Labute approximate surface area is 170 Å². The third-order valence-corrected chi connectivity index (χ3v) is 13.3. The van der Waals surface area contributed by atoms with E-state index >= 15 is 0 Å². The molecule has 0 atom stereocenters. The van der Waals surface area contributed by atoms with Gasteiger partial charge in [0.1, 0.15) is 16.1 Å². The van der Waals surface area contributed by atoms with E-state index in [0.29, 0.717) is 0 Å². The number of hydrogen-bond donors (Lipinski definition) is 2. The van der Waals surface area contributed by atoms with Gasteiger partial charge in [-0.25, -0.2) is 0 Å². The molecule has 146 valence electrons. The Kier molecular flexibility index (Phi) is 6.05. The number of aliphatic hydroxyl groups excluding tert-OH is 2. The van der Waals surface area contributed by atoms with Gasteiger partial charge < -0.3 is 10.2 Å². The first-order valence-corrected chi connectivity index (χ1v) is 15.8. The topological polar surface area (TPSA) is 40.5 Å². The third-order valence-electron chi connectivity index (χ3n) is 6.05. The molecule has 0 unspecified atom stereocenters. The van der Waals surface area contributed by atoms with Crippen molar-refractivity contribution in [3.63, 3.8) is 0 Å². The average Bonchev–Trinajstić information content (AvgIpc) is 2.73. The van der Waals surface area contributed by atoms with Crippen LogP contribution in [0.15, 0.2) is 72.8 Å². The van der Waals surface area contributed by atoms with Gasteiger partial charge >= 0.3 is 0 Å². The highest BCUT2D eigenvalue weighted by Crippen LogP contribution is 2.12. The summed E-state index contributed by atoms with van der Waals surface area (Å²) in [6.45, 7) is 9.56. The lowest BCUT2D eigenvalue weighted by atomic mass is 10.2. The fraction of sp³-hybridized carbons (Fsp3) is 0.250. The number of benzene rings is 3. The minimum Gasteiger partial charge on any atom is -0.392 e. The minimum atomic E-state index is -1.88. The monoisotopic (exact) mass is 406 g/mol. The molecule has 0 heterocycles. The van der Waals surface area contributed by atoms with Crippen molar-refractivity contribution in [2.24, 2.45) is 0 Å². The van der Waals surface area contributed by atoms with Crippen LogP contribution in [0.4, 0.5) is 0 Å². The molecule has 2 nitrogen and oxygen atoms in total. The van der Waals surface area contributed by atoms with E-state index < -0.39 is 16.1 Å². The van der Waals surface area contributed by atoms with Crippen molar-refractivity contribution in [3.8, 4) is 0 Å². The van der Waals surface area contributed by atoms with E-state index in [1.165, 1.54) is 20.7 Å². The summed E-state index contributed by atoms with van der Waals surface area (Å²) in [5, 5.41) is 24.9. The van der Waals surface area contributed by atoms with Crippen LogP contribution in [0.2, 0.25) is 26.2 Å². The van der Waals surface area contributed by atoms with Crippen LogP contribution in [0.3, 0.4) is 0 Å². The molecule has 0 amide bonds. The van der Waals surface area contributed by atoms with Gasteiger partial charge in [-0.05, 0) is 21.5 Å². The smallest absolute Gasteiger partial charge is 0.112 e. The van der Waals surface area contributed by atoms with E-state index in [0.717, 1.165) is 11.1 Å². The van der Waals surface area contributed by atoms with Crippen molar-refractivity contribution in [1.29, 1.82) is 0 Å². The van der Waals surface area contributed by atoms with Crippen molar-refractivity contribution < 1.29 is 10.2 Å². The van der Waals surface area contributed by atoms with Gasteiger partial charge in [0.25, 0.3) is 0 Å². The fourth-order valence-electron chi connectivity index (χ4n) is 4.15. The quantitative estimate of drug-likeness (QED) is 0.617. The maximum Gasteiger partial charge on any atom is 0.112 e. The van der Waals surface area contributed by atoms with Crippen LogP contribution in [0.1, 0.15) is 11.1 Å². The van der Waals surface area contributed by atoms with Gasteiger partial charge in [0.2, 0.25) is 0 Å². The van der Waals surface area contributed by atoms with Crippen molar-refractivity contribution in [2.75, 3.05) is 0 Å². The van der Waals surface area contributed by atoms with Gasteiger partial charge in [-0.2, -0.15) is 0 Å². The second kappa shape index (κ2) is 8.17. The van der Waals surface area contributed by atoms with Crippen LogP contribution in [0.25, 0.3) is 0 Å². The van der Waals surface area contributed by atoms with Gasteiger partial charge in [-0.15, -0.1) is 0 Å². The van der Waals surface area contributed by atoms with Crippen molar-refractivity contribution >= 4 is 36.9 Å². The molecule has 0 aliphatic rings. The molecular weight excluding hydrogens is 376 g/mol. The summed E-state index contributed by atoms with van der Waals surface area (Å²) in [7, 11) is -3.77. The summed E-state index contributed by atoms with van der Waals surface area (Å²) in [4.78, 5) is 0. The highest BCUT2D eigenvalue weighted by Gasteiger charge is 2.31. The molecule has 0 radical (unpaired) electrons. The van der Waals surface area contributed by atoms with E-state index in [4.69, 9.17) is 0 Å². The standard InChI is InChI=1S/C24H30O2Si2/c1-27(2,23-11-7-5-9-19(23)17-25)21-13-15-22(16-14-21)28(3,4)24-12-8-6-10-20(24)18-26/h5-16,25-26H,17-18H2,1-4H3. The van der Waals surface area contributed by atoms with E-state index in [1.54, 1.807) is 0 Å². The van der Waals surface area contributed by atoms with Gasteiger partial charge in [0, 0.05) is 0 Å². The zero-order chi connectivity index (χ0) is 20.4. The first-order valence-electron chi connectivity index (χ1n) is 9.82. The van der Waals surface area contributed by atoms with Crippen molar-refractivity contribution in [1.82, 2.24) is 0 Å². The van der Waals surface area contributed by atoms with Crippen molar-refractivity contribution in [3.05, 3.63) is 83.9 Å². The summed E-state index contributed by atoms with van der Waals surface area (Å²) in [6.07, 6.45) is 0. The SMILES string of the molecule is C[Si](C)(c1ccc([Si](C)(C)c2ccccc2CO)cc1)c1ccccc1CO.